The summed E-state index contributed by atoms with van der Waals surface area (Å²) in [4.78, 5) is 20.0. The average Bonchev–Trinajstić information content (AvgIpc) is 2.86. The van der Waals surface area contributed by atoms with Crippen molar-refractivity contribution in [2.24, 2.45) is 0 Å². The molecule has 2 aliphatic rings. The summed E-state index contributed by atoms with van der Waals surface area (Å²) in [5.74, 6) is 0.962. The van der Waals surface area contributed by atoms with Gasteiger partial charge in [0.25, 0.3) is 0 Å². The Labute approximate surface area is 197 Å². The summed E-state index contributed by atoms with van der Waals surface area (Å²) in [5.41, 5.74) is 2.44. The van der Waals surface area contributed by atoms with Crippen LogP contribution in [0.1, 0.15) is 18.5 Å². The third-order valence-electron chi connectivity index (χ3n) is 6.62. The van der Waals surface area contributed by atoms with Gasteiger partial charge < -0.3 is 19.7 Å². The molecule has 1 amide bonds. The number of amides is 1. The van der Waals surface area contributed by atoms with Crippen LogP contribution >= 0.6 is 0 Å². The summed E-state index contributed by atoms with van der Waals surface area (Å²) in [6.07, 6.45) is 0. The molecule has 1 N–H and O–H groups in total. The van der Waals surface area contributed by atoms with Gasteiger partial charge in [0.1, 0.15) is 5.75 Å². The van der Waals surface area contributed by atoms with Crippen molar-refractivity contribution in [2.45, 2.75) is 19.0 Å². The fourth-order valence-electron chi connectivity index (χ4n) is 4.86. The van der Waals surface area contributed by atoms with Gasteiger partial charge in [0.15, 0.2) is 0 Å². The molecule has 0 bridgehead atoms. The van der Waals surface area contributed by atoms with Gasteiger partial charge in [-0.2, -0.15) is 0 Å². The molecule has 0 radical (unpaired) electrons. The lowest BCUT2D eigenvalue weighted by Crippen LogP contribution is -2.52. The van der Waals surface area contributed by atoms with Gasteiger partial charge in [0.05, 0.1) is 32.9 Å². The van der Waals surface area contributed by atoms with Crippen molar-refractivity contribution in [3.05, 3.63) is 60.2 Å². The second-order valence-electron chi connectivity index (χ2n) is 8.82. The molecule has 4 rings (SSSR count). The molecule has 2 saturated heterocycles. The zero-order valence-corrected chi connectivity index (χ0v) is 19.8. The summed E-state index contributed by atoms with van der Waals surface area (Å²) < 4.78 is 10.8. The van der Waals surface area contributed by atoms with Crippen molar-refractivity contribution >= 4 is 11.6 Å². The molecular weight excluding hydrogens is 416 g/mol. The normalized spacial score (nSPS) is 19.6. The maximum atomic E-state index is 12.9. The molecule has 0 unspecified atom stereocenters. The van der Waals surface area contributed by atoms with Crippen LogP contribution in [-0.4, -0.2) is 87.9 Å². The second-order valence-corrected chi connectivity index (χ2v) is 8.82. The number of methoxy groups -OCH3 is 1. The molecule has 2 aromatic rings. The predicted molar refractivity (Wildman–Crippen MR) is 131 cm³/mol. The van der Waals surface area contributed by atoms with Gasteiger partial charge in [-0.3, -0.25) is 14.6 Å². The number of rotatable bonds is 8. The molecule has 7 nitrogen and oxygen atoms in total. The molecule has 7 heteroatoms. The van der Waals surface area contributed by atoms with E-state index in [1.807, 2.05) is 18.2 Å². The molecule has 0 aromatic heterocycles. The molecule has 2 aliphatic heterocycles. The molecular formula is C26H36N4O3. The molecule has 2 aromatic carbocycles. The minimum absolute atomic E-state index is 0.0126. The first-order chi connectivity index (χ1) is 16.1. The number of hydrogen-bond acceptors (Lipinski definition) is 6. The number of nitrogens with zero attached hydrogens (tertiary/aromatic N) is 3. The Kier molecular flexibility index (Phi) is 8.20. The van der Waals surface area contributed by atoms with Crippen LogP contribution in [-0.2, 0) is 9.53 Å². The highest BCUT2D eigenvalue weighted by molar-refractivity contribution is 5.78. The lowest BCUT2D eigenvalue weighted by atomic mass is 9.98. The molecule has 0 spiro atoms. The molecule has 33 heavy (non-hydrogen) atoms. The van der Waals surface area contributed by atoms with Gasteiger partial charge in [-0.05, 0) is 36.8 Å². The Morgan fingerprint density at radius 1 is 0.970 bits per heavy atom. The van der Waals surface area contributed by atoms with Crippen LogP contribution in [0, 0.1) is 0 Å². The summed E-state index contributed by atoms with van der Waals surface area (Å²) in [6.45, 7) is 9.37. The Hall–Kier alpha value is -2.61. The molecule has 2 heterocycles. The number of piperazine rings is 1. The van der Waals surface area contributed by atoms with E-state index in [1.165, 1.54) is 11.3 Å². The standard InChI is InChI=1S/C26H36N4O3/c1-21(26(22-6-4-3-5-7-22)30-16-18-33-19-17-30)27-25(31)20-28-12-14-29(15-13-28)23-8-10-24(32-2)11-9-23/h3-11,21,26H,12-20H2,1-2H3,(H,27,31)/t21-,26+/m1/s1. The monoisotopic (exact) mass is 452 g/mol. The first-order valence-electron chi connectivity index (χ1n) is 11.9. The predicted octanol–water partition coefficient (Wildman–Crippen LogP) is 2.40. The number of anilines is 1. The molecule has 2 fully saturated rings. The molecule has 2 atom stereocenters. The Morgan fingerprint density at radius 3 is 2.27 bits per heavy atom. The van der Waals surface area contributed by atoms with E-state index < -0.39 is 0 Å². The number of nitrogens with one attached hydrogen (secondary N) is 1. The van der Waals surface area contributed by atoms with Crippen LogP contribution in [0.5, 0.6) is 5.75 Å². The Bertz CT molecular complexity index is 863. The molecule has 0 saturated carbocycles. The minimum Gasteiger partial charge on any atom is -0.497 e. The first-order valence-corrected chi connectivity index (χ1v) is 11.9. The van der Waals surface area contributed by atoms with Gasteiger partial charge in [-0.1, -0.05) is 30.3 Å². The van der Waals surface area contributed by atoms with E-state index in [0.29, 0.717) is 6.54 Å². The zero-order chi connectivity index (χ0) is 23.0. The fourth-order valence-corrected chi connectivity index (χ4v) is 4.86. The summed E-state index contributed by atoms with van der Waals surface area (Å²) in [6, 6.07) is 18.8. The maximum absolute atomic E-state index is 12.9. The van der Waals surface area contributed by atoms with E-state index in [4.69, 9.17) is 9.47 Å². The number of carbonyl (C=O) groups is 1. The number of benzene rings is 2. The lowest BCUT2D eigenvalue weighted by molar-refractivity contribution is -0.123. The topological polar surface area (TPSA) is 57.3 Å². The summed E-state index contributed by atoms with van der Waals surface area (Å²) >= 11 is 0. The smallest absolute Gasteiger partial charge is 0.234 e. The van der Waals surface area contributed by atoms with Crippen LogP contribution in [0.2, 0.25) is 0 Å². The van der Waals surface area contributed by atoms with E-state index in [2.05, 4.69) is 63.3 Å². The van der Waals surface area contributed by atoms with Gasteiger partial charge >= 0.3 is 0 Å². The van der Waals surface area contributed by atoms with Crippen molar-refractivity contribution in [3.8, 4) is 5.75 Å². The fraction of sp³-hybridized carbons (Fsp3) is 0.500. The third kappa shape index (κ3) is 6.25. The Morgan fingerprint density at radius 2 is 1.64 bits per heavy atom. The second kappa shape index (κ2) is 11.5. The van der Waals surface area contributed by atoms with Crippen molar-refractivity contribution in [1.82, 2.24) is 15.1 Å². The van der Waals surface area contributed by atoms with E-state index in [0.717, 1.165) is 58.2 Å². The van der Waals surface area contributed by atoms with Crippen LogP contribution in [0.25, 0.3) is 0 Å². The number of hydrogen-bond donors (Lipinski definition) is 1. The molecule has 178 valence electrons. The number of carbonyl (C=O) groups excluding carboxylic acids is 1. The van der Waals surface area contributed by atoms with Crippen molar-refractivity contribution in [3.63, 3.8) is 0 Å². The maximum Gasteiger partial charge on any atom is 0.234 e. The van der Waals surface area contributed by atoms with Crippen LogP contribution in [0.3, 0.4) is 0 Å². The van der Waals surface area contributed by atoms with Crippen LogP contribution in [0.15, 0.2) is 54.6 Å². The van der Waals surface area contributed by atoms with Crippen molar-refractivity contribution < 1.29 is 14.3 Å². The highest BCUT2D eigenvalue weighted by atomic mass is 16.5. The third-order valence-corrected chi connectivity index (χ3v) is 6.62. The van der Waals surface area contributed by atoms with Crippen LogP contribution < -0.4 is 15.0 Å². The molecule has 0 aliphatic carbocycles. The SMILES string of the molecule is COc1ccc(N2CCN(CC(=O)N[C@H](C)[C@@H](c3ccccc3)N3CCOCC3)CC2)cc1. The zero-order valence-electron chi connectivity index (χ0n) is 19.8. The highest BCUT2D eigenvalue weighted by Crippen LogP contribution is 2.25. The van der Waals surface area contributed by atoms with Gasteiger partial charge in [0, 0.05) is 51.0 Å². The van der Waals surface area contributed by atoms with Gasteiger partial charge in [-0.25, -0.2) is 0 Å². The first kappa shape index (κ1) is 23.5. The lowest BCUT2D eigenvalue weighted by Gasteiger charge is -2.39. The summed E-state index contributed by atoms with van der Waals surface area (Å²) in [5, 5.41) is 3.29. The van der Waals surface area contributed by atoms with Gasteiger partial charge in [0.2, 0.25) is 5.91 Å². The van der Waals surface area contributed by atoms with Crippen molar-refractivity contribution in [2.75, 3.05) is 71.0 Å². The summed E-state index contributed by atoms with van der Waals surface area (Å²) in [7, 11) is 1.68. The van der Waals surface area contributed by atoms with E-state index in [1.54, 1.807) is 7.11 Å². The van der Waals surface area contributed by atoms with E-state index in [9.17, 15) is 4.79 Å². The van der Waals surface area contributed by atoms with E-state index >= 15 is 0 Å². The largest absolute Gasteiger partial charge is 0.497 e. The quantitative estimate of drug-likeness (QED) is 0.664. The average molecular weight is 453 g/mol. The number of ether oxygens (including phenoxy) is 2. The van der Waals surface area contributed by atoms with E-state index in [-0.39, 0.29) is 18.0 Å². The number of morpholine rings is 1. The highest BCUT2D eigenvalue weighted by Gasteiger charge is 2.29. The minimum atomic E-state index is 0.0126. The Balaban J connectivity index is 1.30. The van der Waals surface area contributed by atoms with Gasteiger partial charge in [-0.15, -0.1) is 0 Å². The van der Waals surface area contributed by atoms with Crippen LogP contribution in [0.4, 0.5) is 5.69 Å². The van der Waals surface area contributed by atoms with Crippen molar-refractivity contribution in [1.29, 1.82) is 0 Å².